The molecule has 1 N–H and O–H groups in total. The van der Waals surface area contributed by atoms with E-state index in [4.69, 9.17) is 0 Å². The average Bonchev–Trinajstić information content (AvgIpc) is 2.18. The third-order valence-electron chi connectivity index (χ3n) is 2.39. The summed E-state index contributed by atoms with van der Waals surface area (Å²) in [5.41, 5.74) is 2.59. The number of hydrogen-bond acceptors (Lipinski definition) is 1. The van der Waals surface area contributed by atoms with Crippen molar-refractivity contribution in [2.45, 2.75) is 39.0 Å². The summed E-state index contributed by atoms with van der Waals surface area (Å²) < 4.78 is 0. The standard InChI is InChI=1S/C13H21N/c1-12(2)14-11-7-6-10-13-8-4-3-5-9-13/h4,8-9,14H,1,3,5-7,10-11H2,2H3. The van der Waals surface area contributed by atoms with Crippen LogP contribution >= 0.6 is 0 Å². The van der Waals surface area contributed by atoms with E-state index in [1.807, 2.05) is 6.92 Å². The average molecular weight is 191 g/mol. The van der Waals surface area contributed by atoms with Crippen LogP contribution in [0.15, 0.2) is 36.1 Å². The molecule has 0 radical (unpaired) electrons. The van der Waals surface area contributed by atoms with Gasteiger partial charge in [-0.15, -0.1) is 0 Å². The van der Waals surface area contributed by atoms with Gasteiger partial charge >= 0.3 is 0 Å². The number of nitrogens with one attached hydrogen (secondary N) is 1. The molecule has 0 aromatic carbocycles. The van der Waals surface area contributed by atoms with Crippen LogP contribution < -0.4 is 5.32 Å². The highest BCUT2D eigenvalue weighted by Gasteiger charge is 1.96. The predicted molar refractivity (Wildman–Crippen MR) is 63.1 cm³/mol. The minimum atomic E-state index is 1.06. The third-order valence-corrected chi connectivity index (χ3v) is 2.39. The lowest BCUT2D eigenvalue weighted by molar-refractivity contribution is 0.678. The van der Waals surface area contributed by atoms with E-state index >= 15 is 0 Å². The van der Waals surface area contributed by atoms with Crippen LogP contribution in [0.1, 0.15) is 39.0 Å². The van der Waals surface area contributed by atoms with Gasteiger partial charge in [0.2, 0.25) is 0 Å². The number of allylic oxidation sites excluding steroid dienone is 5. The van der Waals surface area contributed by atoms with Crippen molar-refractivity contribution >= 4 is 0 Å². The van der Waals surface area contributed by atoms with E-state index < -0.39 is 0 Å². The molecule has 0 saturated carbocycles. The Morgan fingerprint density at radius 3 is 2.93 bits per heavy atom. The molecule has 0 saturated heterocycles. The van der Waals surface area contributed by atoms with Crippen molar-refractivity contribution in [3.63, 3.8) is 0 Å². The Bertz CT molecular complexity index is 236. The van der Waals surface area contributed by atoms with Crippen molar-refractivity contribution in [3.8, 4) is 0 Å². The third kappa shape index (κ3) is 4.90. The first-order valence-electron chi connectivity index (χ1n) is 5.54. The first kappa shape index (κ1) is 11.1. The number of unbranched alkanes of at least 4 members (excludes halogenated alkanes) is 1. The number of rotatable bonds is 6. The molecule has 1 heteroatoms. The van der Waals surface area contributed by atoms with Gasteiger partial charge in [-0.3, -0.25) is 0 Å². The molecule has 0 fully saturated rings. The Hall–Kier alpha value is -0.980. The van der Waals surface area contributed by atoms with Crippen molar-refractivity contribution in [2.75, 3.05) is 6.54 Å². The van der Waals surface area contributed by atoms with Gasteiger partial charge in [0.25, 0.3) is 0 Å². The summed E-state index contributed by atoms with van der Waals surface area (Å²) in [5.74, 6) is 0. The summed E-state index contributed by atoms with van der Waals surface area (Å²) in [6.07, 6.45) is 13.1. The van der Waals surface area contributed by atoms with Crippen LogP contribution in [0.3, 0.4) is 0 Å². The monoisotopic (exact) mass is 191 g/mol. The zero-order valence-electron chi connectivity index (χ0n) is 9.18. The normalized spacial score (nSPS) is 15.1. The minimum absolute atomic E-state index is 1.06. The molecule has 78 valence electrons. The molecule has 1 aliphatic carbocycles. The molecule has 0 aromatic rings. The predicted octanol–water partition coefficient (Wildman–Crippen LogP) is 3.56. The molecule has 0 atom stereocenters. The van der Waals surface area contributed by atoms with Crippen LogP contribution in [0, 0.1) is 0 Å². The van der Waals surface area contributed by atoms with Crippen LogP contribution in [-0.2, 0) is 0 Å². The maximum Gasteiger partial charge on any atom is 0.0143 e. The van der Waals surface area contributed by atoms with Crippen molar-refractivity contribution in [3.05, 3.63) is 36.1 Å². The molecule has 0 heterocycles. The maximum absolute atomic E-state index is 3.81. The van der Waals surface area contributed by atoms with Crippen LogP contribution in [0.25, 0.3) is 0 Å². The van der Waals surface area contributed by atoms with Gasteiger partial charge in [-0.25, -0.2) is 0 Å². The van der Waals surface area contributed by atoms with E-state index in [-0.39, 0.29) is 0 Å². The van der Waals surface area contributed by atoms with Crippen LogP contribution in [-0.4, -0.2) is 6.54 Å². The molecule has 0 unspecified atom stereocenters. The van der Waals surface area contributed by atoms with Gasteiger partial charge in [-0.05, 0) is 39.0 Å². The van der Waals surface area contributed by atoms with Crippen molar-refractivity contribution < 1.29 is 0 Å². The second-order valence-electron chi connectivity index (χ2n) is 3.92. The largest absolute Gasteiger partial charge is 0.389 e. The van der Waals surface area contributed by atoms with E-state index in [9.17, 15) is 0 Å². The highest BCUT2D eigenvalue weighted by atomic mass is 14.9. The van der Waals surface area contributed by atoms with E-state index in [1.165, 1.54) is 37.7 Å². The van der Waals surface area contributed by atoms with Gasteiger partial charge in [0.1, 0.15) is 0 Å². The number of hydrogen-bond donors (Lipinski definition) is 1. The molecule has 0 bridgehead atoms. The zero-order valence-corrected chi connectivity index (χ0v) is 9.18. The highest BCUT2D eigenvalue weighted by Crippen LogP contribution is 2.15. The Morgan fingerprint density at radius 1 is 1.43 bits per heavy atom. The Balaban J connectivity index is 2.01. The molecule has 1 aliphatic rings. The van der Waals surface area contributed by atoms with E-state index in [2.05, 4.69) is 30.1 Å². The fourth-order valence-corrected chi connectivity index (χ4v) is 1.61. The highest BCUT2D eigenvalue weighted by molar-refractivity contribution is 5.21. The van der Waals surface area contributed by atoms with Gasteiger partial charge in [0.15, 0.2) is 0 Å². The summed E-state index contributed by atoms with van der Waals surface area (Å²) >= 11 is 0. The summed E-state index contributed by atoms with van der Waals surface area (Å²) in [4.78, 5) is 0. The molecule has 0 aromatic heterocycles. The SMILES string of the molecule is C=C(C)NCCCCC1=CCCC=C1. The summed E-state index contributed by atoms with van der Waals surface area (Å²) in [5, 5.41) is 3.25. The van der Waals surface area contributed by atoms with Crippen LogP contribution in [0.5, 0.6) is 0 Å². The lowest BCUT2D eigenvalue weighted by atomic mass is 10.0. The molecule has 0 spiro atoms. The molecule has 1 rings (SSSR count). The smallest absolute Gasteiger partial charge is 0.0143 e. The quantitative estimate of drug-likeness (QED) is 0.633. The van der Waals surface area contributed by atoms with Gasteiger partial charge in [0.05, 0.1) is 0 Å². The van der Waals surface area contributed by atoms with Gasteiger partial charge in [-0.1, -0.05) is 30.4 Å². The maximum atomic E-state index is 3.81. The van der Waals surface area contributed by atoms with Crippen molar-refractivity contribution in [1.29, 1.82) is 0 Å². The van der Waals surface area contributed by atoms with Crippen molar-refractivity contribution in [2.24, 2.45) is 0 Å². The Labute approximate surface area is 87.6 Å². The summed E-state index contributed by atoms with van der Waals surface area (Å²) in [6.45, 7) is 6.88. The lowest BCUT2D eigenvalue weighted by Gasteiger charge is -2.07. The molecule has 14 heavy (non-hydrogen) atoms. The lowest BCUT2D eigenvalue weighted by Crippen LogP contribution is -2.11. The van der Waals surface area contributed by atoms with E-state index in [1.54, 1.807) is 0 Å². The minimum Gasteiger partial charge on any atom is -0.389 e. The molecule has 1 nitrogen and oxygen atoms in total. The molecule has 0 amide bonds. The Morgan fingerprint density at radius 2 is 2.29 bits per heavy atom. The molecular formula is C13H21N. The Kier molecular flexibility index (Phi) is 5.13. The first-order valence-corrected chi connectivity index (χ1v) is 5.54. The van der Waals surface area contributed by atoms with Crippen LogP contribution in [0.4, 0.5) is 0 Å². The first-order chi connectivity index (χ1) is 6.79. The second-order valence-corrected chi connectivity index (χ2v) is 3.92. The van der Waals surface area contributed by atoms with Gasteiger partial charge in [-0.2, -0.15) is 0 Å². The van der Waals surface area contributed by atoms with E-state index in [0.29, 0.717) is 0 Å². The summed E-state index contributed by atoms with van der Waals surface area (Å²) in [6, 6.07) is 0. The van der Waals surface area contributed by atoms with Gasteiger partial charge in [0, 0.05) is 12.2 Å². The van der Waals surface area contributed by atoms with Crippen molar-refractivity contribution in [1.82, 2.24) is 5.32 Å². The van der Waals surface area contributed by atoms with Crippen LogP contribution in [0.2, 0.25) is 0 Å². The van der Waals surface area contributed by atoms with E-state index in [0.717, 1.165) is 12.2 Å². The molecule has 0 aliphatic heterocycles. The fourth-order valence-electron chi connectivity index (χ4n) is 1.61. The van der Waals surface area contributed by atoms with Gasteiger partial charge < -0.3 is 5.32 Å². The summed E-state index contributed by atoms with van der Waals surface area (Å²) in [7, 11) is 0. The topological polar surface area (TPSA) is 12.0 Å². The second kappa shape index (κ2) is 6.47. The molecular weight excluding hydrogens is 170 g/mol. The zero-order chi connectivity index (χ0) is 10.2. The fraction of sp³-hybridized carbons (Fsp3) is 0.538.